The summed E-state index contributed by atoms with van der Waals surface area (Å²) in [6, 6.07) is 3.91. The second-order valence-electron chi connectivity index (χ2n) is 4.33. The first kappa shape index (κ1) is 13.8. The van der Waals surface area contributed by atoms with Gasteiger partial charge in [0.1, 0.15) is 11.0 Å². The van der Waals surface area contributed by atoms with Crippen molar-refractivity contribution in [2.75, 3.05) is 24.6 Å². The summed E-state index contributed by atoms with van der Waals surface area (Å²) in [5.41, 5.74) is 0. The highest BCUT2D eigenvalue weighted by Crippen LogP contribution is 2.37. The van der Waals surface area contributed by atoms with Gasteiger partial charge in [-0.2, -0.15) is 13.2 Å². The Hall–Kier alpha value is -1.12. The molecule has 2 aromatic rings. The standard InChI is InChI=1S/C12H11F3N2OS2/c13-12(14,15)10-6-16-11(20-10)17-3-4-18-8(7-17)9-2-1-5-19-9/h1-2,5-6,8H,3-4,7H2. The van der Waals surface area contributed by atoms with Gasteiger partial charge in [0.15, 0.2) is 5.13 Å². The van der Waals surface area contributed by atoms with Crippen molar-refractivity contribution in [3.63, 3.8) is 0 Å². The fourth-order valence-corrected chi connectivity index (χ4v) is 3.60. The van der Waals surface area contributed by atoms with E-state index in [2.05, 4.69) is 4.98 Å². The Balaban J connectivity index is 1.75. The predicted molar refractivity (Wildman–Crippen MR) is 72.3 cm³/mol. The van der Waals surface area contributed by atoms with Crippen LogP contribution in [0.1, 0.15) is 15.9 Å². The summed E-state index contributed by atoms with van der Waals surface area (Å²) in [7, 11) is 0. The molecular formula is C12H11F3N2OS2. The average molecular weight is 320 g/mol. The summed E-state index contributed by atoms with van der Waals surface area (Å²) < 4.78 is 43.5. The third-order valence-electron chi connectivity index (χ3n) is 2.97. The van der Waals surface area contributed by atoms with Crippen LogP contribution in [0.2, 0.25) is 0 Å². The molecule has 108 valence electrons. The summed E-state index contributed by atoms with van der Waals surface area (Å²) >= 11 is 2.27. The molecule has 1 aliphatic heterocycles. The van der Waals surface area contributed by atoms with Crippen molar-refractivity contribution in [3.8, 4) is 0 Å². The van der Waals surface area contributed by atoms with Gasteiger partial charge in [-0.05, 0) is 11.4 Å². The van der Waals surface area contributed by atoms with E-state index in [1.165, 1.54) is 0 Å². The first-order valence-corrected chi connectivity index (χ1v) is 7.66. The van der Waals surface area contributed by atoms with Crippen LogP contribution in [0.4, 0.5) is 18.3 Å². The van der Waals surface area contributed by atoms with Gasteiger partial charge in [0, 0.05) is 11.4 Å². The second kappa shape index (κ2) is 5.34. The number of nitrogens with zero attached hydrogens (tertiary/aromatic N) is 2. The molecule has 1 unspecified atom stereocenters. The summed E-state index contributed by atoms with van der Waals surface area (Å²) in [5.74, 6) is 0. The van der Waals surface area contributed by atoms with Crippen LogP contribution in [-0.2, 0) is 10.9 Å². The molecular weight excluding hydrogens is 309 g/mol. The molecule has 0 aliphatic carbocycles. The predicted octanol–water partition coefficient (Wildman–Crippen LogP) is 3.80. The van der Waals surface area contributed by atoms with Crippen LogP contribution >= 0.6 is 22.7 Å². The van der Waals surface area contributed by atoms with E-state index in [0.29, 0.717) is 36.2 Å². The molecule has 1 atom stereocenters. The number of thiazole rings is 1. The van der Waals surface area contributed by atoms with Crippen molar-refractivity contribution in [2.24, 2.45) is 0 Å². The Bertz CT molecular complexity index is 568. The zero-order valence-corrected chi connectivity index (χ0v) is 11.9. The van der Waals surface area contributed by atoms with Crippen molar-refractivity contribution in [2.45, 2.75) is 12.3 Å². The molecule has 3 heterocycles. The Morgan fingerprint density at radius 1 is 1.40 bits per heavy atom. The lowest BCUT2D eigenvalue weighted by atomic mass is 10.2. The molecule has 0 N–H and O–H groups in total. The lowest BCUT2D eigenvalue weighted by Gasteiger charge is -2.32. The number of hydrogen-bond donors (Lipinski definition) is 0. The molecule has 20 heavy (non-hydrogen) atoms. The first-order valence-electron chi connectivity index (χ1n) is 5.97. The molecule has 2 aromatic heterocycles. The highest BCUT2D eigenvalue weighted by molar-refractivity contribution is 7.15. The van der Waals surface area contributed by atoms with Gasteiger partial charge in [0.05, 0.1) is 19.3 Å². The third-order valence-corrected chi connectivity index (χ3v) is 5.04. The molecule has 0 aromatic carbocycles. The van der Waals surface area contributed by atoms with Gasteiger partial charge in [0.2, 0.25) is 0 Å². The number of alkyl halides is 3. The van der Waals surface area contributed by atoms with E-state index in [1.54, 1.807) is 11.3 Å². The van der Waals surface area contributed by atoms with Gasteiger partial charge in [-0.3, -0.25) is 0 Å². The Labute approximate surface area is 121 Å². The van der Waals surface area contributed by atoms with Gasteiger partial charge in [-0.15, -0.1) is 11.3 Å². The van der Waals surface area contributed by atoms with E-state index in [1.807, 2.05) is 22.4 Å². The van der Waals surface area contributed by atoms with E-state index in [9.17, 15) is 13.2 Å². The fourth-order valence-electron chi connectivity index (χ4n) is 2.01. The average Bonchev–Trinajstić information content (AvgIpc) is 3.10. The Morgan fingerprint density at radius 3 is 2.90 bits per heavy atom. The minimum Gasteiger partial charge on any atom is -0.369 e. The van der Waals surface area contributed by atoms with Gasteiger partial charge < -0.3 is 9.64 Å². The van der Waals surface area contributed by atoms with Gasteiger partial charge in [-0.25, -0.2) is 4.98 Å². The molecule has 1 saturated heterocycles. The maximum absolute atomic E-state index is 12.6. The monoisotopic (exact) mass is 320 g/mol. The number of aromatic nitrogens is 1. The van der Waals surface area contributed by atoms with Gasteiger partial charge in [0.25, 0.3) is 0 Å². The van der Waals surface area contributed by atoms with Crippen LogP contribution in [-0.4, -0.2) is 24.7 Å². The van der Waals surface area contributed by atoms with Gasteiger partial charge >= 0.3 is 6.18 Å². The van der Waals surface area contributed by atoms with Crippen molar-refractivity contribution in [1.29, 1.82) is 0 Å². The molecule has 0 saturated carbocycles. The molecule has 3 nitrogen and oxygen atoms in total. The maximum Gasteiger partial charge on any atom is 0.427 e. The largest absolute Gasteiger partial charge is 0.427 e. The van der Waals surface area contributed by atoms with Crippen LogP contribution in [0.15, 0.2) is 23.7 Å². The van der Waals surface area contributed by atoms with Crippen molar-refractivity contribution >= 4 is 27.8 Å². The van der Waals surface area contributed by atoms with Crippen LogP contribution in [0.3, 0.4) is 0 Å². The molecule has 0 bridgehead atoms. The van der Waals surface area contributed by atoms with Crippen LogP contribution < -0.4 is 4.90 Å². The van der Waals surface area contributed by atoms with E-state index in [4.69, 9.17) is 4.74 Å². The van der Waals surface area contributed by atoms with E-state index in [0.717, 1.165) is 11.1 Å². The number of morpholine rings is 1. The molecule has 1 aliphatic rings. The van der Waals surface area contributed by atoms with Gasteiger partial charge in [-0.1, -0.05) is 17.4 Å². The number of thiophene rings is 1. The topological polar surface area (TPSA) is 25.4 Å². The number of anilines is 1. The van der Waals surface area contributed by atoms with E-state index in [-0.39, 0.29) is 6.10 Å². The van der Waals surface area contributed by atoms with Crippen LogP contribution in [0.5, 0.6) is 0 Å². The molecule has 8 heteroatoms. The zero-order chi connectivity index (χ0) is 14.2. The Morgan fingerprint density at radius 2 is 2.25 bits per heavy atom. The summed E-state index contributed by atoms with van der Waals surface area (Å²) in [6.45, 7) is 1.58. The summed E-state index contributed by atoms with van der Waals surface area (Å²) in [5, 5.41) is 2.37. The third kappa shape index (κ3) is 2.82. The zero-order valence-electron chi connectivity index (χ0n) is 10.3. The number of ether oxygens (including phenoxy) is 1. The lowest BCUT2D eigenvalue weighted by Crippen LogP contribution is -2.38. The minimum absolute atomic E-state index is 0.0954. The highest BCUT2D eigenvalue weighted by Gasteiger charge is 2.34. The van der Waals surface area contributed by atoms with Crippen molar-refractivity contribution in [3.05, 3.63) is 33.5 Å². The normalized spacial score (nSPS) is 20.4. The molecule has 1 fully saturated rings. The number of hydrogen-bond acceptors (Lipinski definition) is 5. The number of halogens is 3. The SMILES string of the molecule is FC(F)(F)c1cnc(N2CCOC(c3cccs3)C2)s1. The lowest BCUT2D eigenvalue weighted by molar-refractivity contribution is -0.134. The Kier molecular flexibility index (Phi) is 3.70. The molecule has 0 amide bonds. The first-order chi connectivity index (χ1) is 9.54. The maximum atomic E-state index is 12.6. The summed E-state index contributed by atoms with van der Waals surface area (Å²) in [6.07, 6.45) is -3.52. The second-order valence-corrected chi connectivity index (χ2v) is 6.31. The van der Waals surface area contributed by atoms with Crippen LogP contribution in [0.25, 0.3) is 0 Å². The highest BCUT2D eigenvalue weighted by atomic mass is 32.1. The molecule has 0 radical (unpaired) electrons. The number of rotatable bonds is 2. The quantitative estimate of drug-likeness (QED) is 0.841. The van der Waals surface area contributed by atoms with Crippen molar-refractivity contribution < 1.29 is 17.9 Å². The van der Waals surface area contributed by atoms with E-state index >= 15 is 0 Å². The fraction of sp³-hybridized carbons (Fsp3) is 0.417. The van der Waals surface area contributed by atoms with E-state index < -0.39 is 11.1 Å². The smallest absolute Gasteiger partial charge is 0.369 e. The van der Waals surface area contributed by atoms with Crippen molar-refractivity contribution in [1.82, 2.24) is 4.98 Å². The molecule has 0 spiro atoms. The minimum atomic E-state index is -4.32. The summed E-state index contributed by atoms with van der Waals surface area (Å²) in [4.78, 5) is 6.17. The van der Waals surface area contributed by atoms with Crippen LogP contribution in [0, 0.1) is 0 Å². The molecule has 3 rings (SSSR count).